The Morgan fingerprint density at radius 1 is 1.60 bits per heavy atom. The third-order valence-electron chi connectivity index (χ3n) is 2.91. The zero-order chi connectivity index (χ0) is 11.5. The number of nitrogens with zero attached hydrogens (tertiary/aromatic N) is 1. The van der Waals surface area contributed by atoms with Crippen molar-refractivity contribution in [3.05, 3.63) is 24.7 Å². The van der Waals surface area contributed by atoms with Gasteiger partial charge in [0.1, 0.15) is 11.4 Å². The molecular formula is C11H18N2O2. The first kappa shape index (κ1) is 11.8. The van der Waals surface area contributed by atoms with Crippen LogP contribution in [-0.4, -0.2) is 28.4 Å². The van der Waals surface area contributed by atoms with Crippen molar-refractivity contribution in [2.75, 3.05) is 7.05 Å². The zero-order valence-electron chi connectivity index (χ0n) is 9.07. The Morgan fingerprint density at radius 3 is 2.60 bits per heavy atom. The fourth-order valence-electron chi connectivity index (χ4n) is 1.78. The van der Waals surface area contributed by atoms with E-state index in [1.165, 1.54) is 6.20 Å². The summed E-state index contributed by atoms with van der Waals surface area (Å²) in [5, 5.41) is 10.3. The molecule has 1 saturated carbocycles. The lowest BCUT2D eigenvalue weighted by molar-refractivity contribution is -0.124. The molecule has 0 aromatic rings. The molecule has 4 heteroatoms. The number of rotatable bonds is 3. The largest absolute Gasteiger partial charge is 0.403 e. The number of hydrogen-bond donors (Lipinski definition) is 2. The number of likely N-dealkylation sites (N-methyl/N-ethyl adjacent to an activating group) is 1. The Bertz CT molecular complexity index is 287. The Balaban J connectivity index is 2.69. The first-order valence-corrected chi connectivity index (χ1v) is 5.04. The molecule has 0 heterocycles. The van der Waals surface area contributed by atoms with E-state index in [4.69, 9.17) is 5.73 Å². The van der Waals surface area contributed by atoms with Crippen molar-refractivity contribution in [3.63, 3.8) is 0 Å². The van der Waals surface area contributed by atoms with Gasteiger partial charge in [0.05, 0.1) is 0 Å². The van der Waals surface area contributed by atoms with E-state index < -0.39 is 5.60 Å². The molecule has 1 aliphatic rings. The Morgan fingerprint density at radius 2 is 2.13 bits per heavy atom. The maximum atomic E-state index is 11.1. The Kier molecular flexibility index (Phi) is 3.52. The van der Waals surface area contributed by atoms with Crippen LogP contribution in [0.1, 0.15) is 25.7 Å². The summed E-state index contributed by atoms with van der Waals surface area (Å²) in [5.74, 6) is 0.212. The maximum Gasteiger partial charge on any atom is 0.133 e. The molecule has 0 radical (unpaired) electrons. The normalized spacial score (nSPS) is 20.5. The molecule has 0 unspecified atom stereocenters. The molecule has 0 aliphatic heterocycles. The van der Waals surface area contributed by atoms with Gasteiger partial charge in [-0.25, -0.2) is 0 Å². The van der Waals surface area contributed by atoms with E-state index in [1.807, 2.05) is 0 Å². The smallest absolute Gasteiger partial charge is 0.133 e. The van der Waals surface area contributed by atoms with Gasteiger partial charge in [-0.1, -0.05) is 6.58 Å². The van der Waals surface area contributed by atoms with Gasteiger partial charge in [-0.2, -0.15) is 0 Å². The van der Waals surface area contributed by atoms with E-state index >= 15 is 0 Å². The second-order valence-electron chi connectivity index (χ2n) is 3.97. The minimum atomic E-state index is -0.956. The summed E-state index contributed by atoms with van der Waals surface area (Å²) in [6, 6.07) is 0. The van der Waals surface area contributed by atoms with Gasteiger partial charge in [-0.3, -0.25) is 4.79 Å². The van der Waals surface area contributed by atoms with Crippen LogP contribution in [0.3, 0.4) is 0 Å². The third-order valence-corrected chi connectivity index (χ3v) is 2.91. The maximum absolute atomic E-state index is 11.1. The number of Topliss-reactive ketones (excluding diaryl/α,β-unsaturated/α-hetero) is 1. The zero-order valence-corrected chi connectivity index (χ0v) is 9.07. The number of nitrogens with two attached hydrogens (primary N) is 1. The van der Waals surface area contributed by atoms with Gasteiger partial charge >= 0.3 is 0 Å². The SMILES string of the molecule is C=C(N(C)/C=C\N)C1(O)CCC(=O)CC1. The first-order chi connectivity index (χ1) is 6.99. The highest BCUT2D eigenvalue weighted by molar-refractivity contribution is 5.79. The Hall–Kier alpha value is -1.29. The van der Waals surface area contributed by atoms with Crippen molar-refractivity contribution < 1.29 is 9.90 Å². The molecule has 0 saturated heterocycles. The highest BCUT2D eigenvalue weighted by atomic mass is 16.3. The topological polar surface area (TPSA) is 66.6 Å². The molecule has 0 aromatic heterocycles. The fraction of sp³-hybridized carbons (Fsp3) is 0.545. The molecule has 15 heavy (non-hydrogen) atoms. The minimum absolute atomic E-state index is 0.212. The van der Waals surface area contributed by atoms with Gasteiger partial charge in [0.15, 0.2) is 0 Å². The van der Waals surface area contributed by atoms with Gasteiger partial charge in [0.25, 0.3) is 0 Å². The average Bonchev–Trinajstić information content (AvgIpc) is 2.22. The number of carbonyl (C=O) groups excluding carboxylic acids is 1. The summed E-state index contributed by atoms with van der Waals surface area (Å²) >= 11 is 0. The Labute approximate surface area is 90.1 Å². The second-order valence-corrected chi connectivity index (χ2v) is 3.97. The summed E-state index contributed by atoms with van der Waals surface area (Å²) in [6.07, 6.45) is 4.78. The van der Waals surface area contributed by atoms with Crippen molar-refractivity contribution in [3.8, 4) is 0 Å². The second kappa shape index (κ2) is 4.49. The monoisotopic (exact) mass is 210 g/mol. The van der Waals surface area contributed by atoms with Crippen LogP contribution in [0.15, 0.2) is 24.7 Å². The van der Waals surface area contributed by atoms with E-state index in [9.17, 15) is 9.90 Å². The fourth-order valence-corrected chi connectivity index (χ4v) is 1.78. The number of aliphatic hydroxyl groups is 1. The summed E-state index contributed by atoms with van der Waals surface area (Å²) in [6.45, 7) is 3.85. The van der Waals surface area contributed by atoms with Crippen molar-refractivity contribution >= 4 is 5.78 Å². The van der Waals surface area contributed by atoms with Crippen LogP contribution in [0.4, 0.5) is 0 Å². The molecule has 0 aromatic carbocycles. The first-order valence-electron chi connectivity index (χ1n) is 5.04. The lowest BCUT2D eigenvalue weighted by Crippen LogP contribution is -2.40. The number of carbonyl (C=O) groups is 1. The molecule has 1 aliphatic carbocycles. The number of hydrogen-bond acceptors (Lipinski definition) is 4. The summed E-state index contributed by atoms with van der Waals surface area (Å²) in [4.78, 5) is 12.8. The van der Waals surface area contributed by atoms with Crippen LogP contribution in [0.2, 0.25) is 0 Å². The van der Waals surface area contributed by atoms with Crippen LogP contribution in [-0.2, 0) is 4.79 Å². The van der Waals surface area contributed by atoms with Gasteiger partial charge in [-0.05, 0) is 12.8 Å². The molecule has 0 amide bonds. The predicted octanol–water partition coefficient (Wildman–Crippen LogP) is 0.736. The van der Waals surface area contributed by atoms with E-state index in [2.05, 4.69) is 6.58 Å². The molecule has 1 fully saturated rings. The average molecular weight is 210 g/mol. The van der Waals surface area contributed by atoms with E-state index in [0.717, 1.165) is 0 Å². The van der Waals surface area contributed by atoms with Crippen LogP contribution >= 0.6 is 0 Å². The molecule has 0 bridgehead atoms. The summed E-state index contributed by atoms with van der Waals surface area (Å²) < 4.78 is 0. The molecule has 84 valence electrons. The van der Waals surface area contributed by atoms with Gasteiger partial charge < -0.3 is 15.7 Å². The number of ketones is 1. The van der Waals surface area contributed by atoms with Crippen molar-refractivity contribution in [1.29, 1.82) is 0 Å². The molecule has 1 rings (SSSR count). The van der Waals surface area contributed by atoms with Crippen molar-refractivity contribution in [2.45, 2.75) is 31.3 Å². The molecule has 0 spiro atoms. The van der Waals surface area contributed by atoms with Gasteiger partial charge in [0.2, 0.25) is 0 Å². The van der Waals surface area contributed by atoms with Crippen molar-refractivity contribution in [2.24, 2.45) is 5.73 Å². The third kappa shape index (κ3) is 2.59. The molecule has 3 N–H and O–H groups in total. The van der Waals surface area contributed by atoms with Crippen molar-refractivity contribution in [1.82, 2.24) is 4.90 Å². The highest BCUT2D eigenvalue weighted by Crippen LogP contribution is 2.33. The van der Waals surface area contributed by atoms with E-state index in [0.29, 0.717) is 31.4 Å². The summed E-state index contributed by atoms with van der Waals surface area (Å²) in [7, 11) is 1.78. The molecule has 4 nitrogen and oxygen atoms in total. The quantitative estimate of drug-likeness (QED) is 0.721. The van der Waals surface area contributed by atoms with Gasteiger partial charge in [-0.15, -0.1) is 0 Å². The lowest BCUT2D eigenvalue weighted by Gasteiger charge is -2.36. The van der Waals surface area contributed by atoms with E-state index in [1.54, 1.807) is 18.1 Å². The van der Waals surface area contributed by atoms with Crippen LogP contribution in [0.5, 0.6) is 0 Å². The summed E-state index contributed by atoms with van der Waals surface area (Å²) in [5.41, 5.74) is 4.90. The predicted molar refractivity (Wildman–Crippen MR) is 58.7 cm³/mol. The highest BCUT2D eigenvalue weighted by Gasteiger charge is 2.36. The molecule has 0 atom stereocenters. The standard InChI is InChI=1S/C11H18N2O2/c1-9(13(2)8-7-12)11(15)5-3-10(14)4-6-11/h7-8,15H,1,3-6,12H2,2H3/b8-7-. The van der Waals surface area contributed by atoms with Crippen LogP contribution in [0.25, 0.3) is 0 Å². The van der Waals surface area contributed by atoms with Crippen LogP contribution < -0.4 is 5.73 Å². The molecular weight excluding hydrogens is 192 g/mol. The lowest BCUT2D eigenvalue weighted by atomic mass is 9.82. The van der Waals surface area contributed by atoms with E-state index in [-0.39, 0.29) is 5.78 Å². The van der Waals surface area contributed by atoms with Gasteiger partial charge in [0, 0.05) is 38.0 Å². The minimum Gasteiger partial charge on any atom is -0.403 e. The van der Waals surface area contributed by atoms with Crippen LogP contribution in [0, 0.1) is 0 Å².